The Morgan fingerprint density at radius 3 is 2.92 bits per heavy atom. The first kappa shape index (κ1) is 15.1. The molecule has 0 radical (unpaired) electrons. The average Bonchev–Trinajstić information content (AvgIpc) is 2.95. The van der Waals surface area contributed by atoms with Crippen LogP contribution in [0.2, 0.25) is 0 Å². The van der Waals surface area contributed by atoms with Gasteiger partial charge in [-0.05, 0) is 6.92 Å². The minimum Gasteiger partial charge on any atom is -0.394 e. The molecular formula is C13H16N6O5. The number of amides is 2. The van der Waals surface area contributed by atoms with E-state index in [2.05, 4.69) is 26.1 Å². The summed E-state index contributed by atoms with van der Waals surface area (Å²) in [5.74, 6) is 0.379. The van der Waals surface area contributed by atoms with Gasteiger partial charge in [-0.15, -0.1) is 0 Å². The molecule has 0 aliphatic carbocycles. The molecule has 2 aliphatic heterocycles. The molecule has 11 nitrogen and oxygen atoms in total. The summed E-state index contributed by atoms with van der Waals surface area (Å²) in [6.07, 6.45) is -0.382. The van der Waals surface area contributed by atoms with Crippen LogP contribution in [0.5, 0.6) is 0 Å². The van der Waals surface area contributed by atoms with Crippen molar-refractivity contribution in [3.05, 3.63) is 12.5 Å². The molecule has 1 saturated heterocycles. The van der Waals surface area contributed by atoms with Gasteiger partial charge in [-0.3, -0.25) is 10.9 Å². The van der Waals surface area contributed by atoms with Crippen LogP contribution >= 0.6 is 0 Å². The molecule has 4 heterocycles. The SMILES string of the molecule is C[C@@]1(O)[C@H](O)[C@@H](CO)O[C@H]1n1cc2c3c(ncnc31)NNC(=O)N2. The van der Waals surface area contributed by atoms with Crippen molar-refractivity contribution < 1.29 is 24.9 Å². The van der Waals surface area contributed by atoms with Crippen LogP contribution in [0.3, 0.4) is 0 Å². The number of carbonyl (C=O) groups excluding carboxylic acids is 1. The van der Waals surface area contributed by atoms with Crippen molar-refractivity contribution >= 4 is 28.6 Å². The molecule has 4 atom stereocenters. The van der Waals surface area contributed by atoms with Crippen LogP contribution in [-0.4, -0.2) is 60.3 Å². The Kier molecular flexibility index (Phi) is 3.15. The van der Waals surface area contributed by atoms with E-state index in [1.54, 1.807) is 6.20 Å². The van der Waals surface area contributed by atoms with E-state index in [0.29, 0.717) is 22.5 Å². The zero-order valence-electron chi connectivity index (χ0n) is 12.6. The number of hydrogen-bond donors (Lipinski definition) is 6. The Morgan fingerprint density at radius 1 is 1.42 bits per heavy atom. The highest BCUT2D eigenvalue weighted by Gasteiger charge is 2.53. The molecule has 11 heteroatoms. The van der Waals surface area contributed by atoms with Gasteiger partial charge in [0, 0.05) is 6.20 Å². The Labute approximate surface area is 135 Å². The minimum absolute atomic E-state index is 0.379. The second-order valence-electron chi connectivity index (χ2n) is 5.96. The summed E-state index contributed by atoms with van der Waals surface area (Å²) >= 11 is 0. The van der Waals surface area contributed by atoms with Gasteiger partial charge in [-0.1, -0.05) is 0 Å². The van der Waals surface area contributed by atoms with E-state index in [1.807, 2.05) is 0 Å². The lowest BCUT2D eigenvalue weighted by Crippen LogP contribution is -2.44. The third-order valence-corrected chi connectivity index (χ3v) is 4.34. The van der Waals surface area contributed by atoms with Crippen molar-refractivity contribution in [2.24, 2.45) is 0 Å². The second-order valence-corrected chi connectivity index (χ2v) is 5.96. The number of carbonyl (C=O) groups is 1. The van der Waals surface area contributed by atoms with Gasteiger partial charge in [0.2, 0.25) is 0 Å². The highest BCUT2D eigenvalue weighted by molar-refractivity contribution is 6.07. The molecule has 6 N–H and O–H groups in total. The second kappa shape index (κ2) is 5.01. The Hall–Kier alpha value is -2.47. The molecule has 2 aromatic rings. The molecule has 128 valence electrons. The summed E-state index contributed by atoms with van der Waals surface area (Å²) in [6, 6.07) is -0.487. The summed E-state index contributed by atoms with van der Waals surface area (Å²) in [6.45, 7) is 0.970. The molecule has 1 fully saturated rings. The molecule has 0 spiro atoms. The van der Waals surface area contributed by atoms with Crippen LogP contribution in [-0.2, 0) is 4.74 Å². The van der Waals surface area contributed by atoms with Crippen LogP contribution in [0.4, 0.5) is 16.3 Å². The molecule has 0 aromatic carbocycles. The zero-order valence-corrected chi connectivity index (χ0v) is 12.6. The van der Waals surface area contributed by atoms with Gasteiger partial charge < -0.3 is 29.9 Å². The number of urea groups is 1. The maximum Gasteiger partial charge on any atom is 0.337 e. The lowest BCUT2D eigenvalue weighted by atomic mass is 9.96. The van der Waals surface area contributed by atoms with Crippen molar-refractivity contribution in [2.75, 3.05) is 17.3 Å². The number of aliphatic hydroxyl groups is 3. The van der Waals surface area contributed by atoms with Crippen LogP contribution in [0.1, 0.15) is 13.2 Å². The largest absolute Gasteiger partial charge is 0.394 e. The third-order valence-electron chi connectivity index (χ3n) is 4.34. The molecule has 0 bridgehead atoms. The first-order valence-electron chi connectivity index (χ1n) is 7.28. The minimum atomic E-state index is -1.67. The maximum atomic E-state index is 11.7. The highest BCUT2D eigenvalue weighted by Crippen LogP contribution is 2.42. The van der Waals surface area contributed by atoms with Gasteiger partial charge in [-0.25, -0.2) is 14.8 Å². The van der Waals surface area contributed by atoms with Crippen molar-refractivity contribution in [1.82, 2.24) is 20.0 Å². The van der Waals surface area contributed by atoms with Crippen LogP contribution < -0.4 is 16.2 Å². The molecule has 4 rings (SSSR count). The van der Waals surface area contributed by atoms with E-state index in [1.165, 1.54) is 17.8 Å². The number of aromatic nitrogens is 3. The number of ether oxygens (including phenoxy) is 1. The van der Waals surface area contributed by atoms with Crippen molar-refractivity contribution in [1.29, 1.82) is 0 Å². The Bertz CT molecular complexity index is 821. The number of aliphatic hydroxyl groups excluding tert-OH is 2. The van der Waals surface area contributed by atoms with E-state index < -0.39 is 36.7 Å². The van der Waals surface area contributed by atoms with Gasteiger partial charge in [-0.2, -0.15) is 0 Å². The quantitative estimate of drug-likeness (QED) is 0.404. The summed E-state index contributed by atoms with van der Waals surface area (Å²) < 4.78 is 7.11. The van der Waals surface area contributed by atoms with E-state index in [4.69, 9.17) is 4.74 Å². The smallest absolute Gasteiger partial charge is 0.337 e. The van der Waals surface area contributed by atoms with Crippen molar-refractivity contribution in [3.63, 3.8) is 0 Å². The van der Waals surface area contributed by atoms with Crippen LogP contribution in [0.15, 0.2) is 12.5 Å². The number of nitrogens with zero attached hydrogens (tertiary/aromatic N) is 3. The fourth-order valence-corrected chi connectivity index (χ4v) is 3.11. The average molecular weight is 336 g/mol. The molecule has 0 saturated carbocycles. The summed E-state index contributed by atoms with van der Waals surface area (Å²) in [5.41, 5.74) is 4.23. The van der Waals surface area contributed by atoms with Gasteiger partial charge in [0.1, 0.15) is 29.8 Å². The topological polar surface area (TPSA) is 154 Å². The van der Waals surface area contributed by atoms with E-state index in [-0.39, 0.29) is 0 Å². The van der Waals surface area contributed by atoms with E-state index >= 15 is 0 Å². The predicted octanol–water partition coefficient (Wildman–Crippen LogP) is -1.11. The molecule has 2 amide bonds. The molecule has 24 heavy (non-hydrogen) atoms. The zero-order chi connectivity index (χ0) is 17.1. The fourth-order valence-electron chi connectivity index (χ4n) is 3.11. The molecule has 2 aromatic heterocycles. The van der Waals surface area contributed by atoms with Crippen LogP contribution in [0.25, 0.3) is 11.0 Å². The first-order chi connectivity index (χ1) is 11.4. The van der Waals surface area contributed by atoms with E-state index in [0.717, 1.165) is 0 Å². The van der Waals surface area contributed by atoms with Gasteiger partial charge in [0.05, 0.1) is 17.7 Å². The van der Waals surface area contributed by atoms with Gasteiger partial charge >= 0.3 is 6.03 Å². The van der Waals surface area contributed by atoms with Gasteiger partial charge in [0.15, 0.2) is 12.0 Å². The fraction of sp³-hybridized carbons (Fsp3) is 0.462. The predicted molar refractivity (Wildman–Crippen MR) is 80.9 cm³/mol. The third kappa shape index (κ3) is 1.96. The summed E-state index contributed by atoms with van der Waals surface area (Å²) in [5, 5.41) is 33.3. The normalized spacial score (nSPS) is 32.2. The molecule has 0 unspecified atom stereocenters. The number of nitrogens with one attached hydrogen (secondary N) is 3. The number of hydrazine groups is 1. The lowest BCUT2D eigenvalue weighted by molar-refractivity contribution is -0.0947. The maximum absolute atomic E-state index is 11.7. The summed E-state index contributed by atoms with van der Waals surface area (Å²) in [7, 11) is 0. The first-order valence-corrected chi connectivity index (χ1v) is 7.28. The van der Waals surface area contributed by atoms with Crippen LogP contribution in [0, 0.1) is 0 Å². The Morgan fingerprint density at radius 2 is 2.21 bits per heavy atom. The Balaban J connectivity index is 1.88. The monoisotopic (exact) mass is 336 g/mol. The van der Waals surface area contributed by atoms with Crippen molar-refractivity contribution in [3.8, 4) is 0 Å². The number of anilines is 2. The standard InChI is InChI=1S/C13H16N6O5/c1-13(23)8(21)6(3-20)24-11(13)19-2-5-7-9(14-4-15-10(7)19)17-18-12(22)16-5/h2,4,6,8,11,20-21,23H,3H2,1H3,(H,14,15,17)(H2,16,18,22)/t6-,8-,11-,13-/m1/s1. The van der Waals surface area contributed by atoms with E-state index in [9.17, 15) is 20.1 Å². The van der Waals surface area contributed by atoms with Gasteiger partial charge in [0.25, 0.3) is 0 Å². The number of rotatable bonds is 2. The molecule has 2 aliphatic rings. The molecular weight excluding hydrogens is 320 g/mol. The number of hydrogen-bond acceptors (Lipinski definition) is 8. The highest BCUT2D eigenvalue weighted by atomic mass is 16.6. The summed E-state index contributed by atoms with van der Waals surface area (Å²) in [4.78, 5) is 20.0. The lowest BCUT2D eigenvalue weighted by Gasteiger charge is -2.27. The van der Waals surface area contributed by atoms with Crippen molar-refractivity contribution in [2.45, 2.75) is 31.0 Å².